The van der Waals surface area contributed by atoms with Crippen LogP contribution in [-0.2, 0) is 4.84 Å². The van der Waals surface area contributed by atoms with E-state index in [-0.39, 0.29) is 11.6 Å². The molecule has 9 nitrogen and oxygen atoms in total. The zero-order chi connectivity index (χ0) is 18.4. The van der Waals surface area contributed by atoms with Gasteiger partial charge in [0, 0.05) is 6.61 Å². The molecule has 0 fully saturated rings. The van der Waals surface area contributed by atoms with Crippen molar-refractivity contribution in [3.05, 3.63) is 40.6 Å². The van der Waals surface area contributed by atoms with Gasteiger partial charge in [-0.15, -0.1) is 5.01 Å². The summed E-state index contributed by atoms with van der Waals surface area (Å²) < 4.78 is 0. The molecule has 0 spiro atoms. The lowest BCUT2D eigenvalue weighted by atomic mass is 10.1. The molecule has 136 valence electrons. The van der Waals surface area contributed by atoms with Crippen LogP contribution in [0.2, 0.25) is 0 Å². The Balaban J connectivity index is 1.93. The number of aliphatic hydroxyl groups excluding tert-OH is 1. The zero-order valence-electron chi connectivity index (χ0n) is 14.3. The van der Waals surface area contributed by atoms with Gasteiger partial charge in [-0.1, -0.05) is 12.1 Å². The summed E-state index contributed by atoms with van der Waals surface area (Å²) in [6.45, 7) is 2.04. The van der Waals surface area contributed by atoms with Gasteiger partial charge in [0.25, 0.3) is 11.8 Å². The van der Waals surface area contributed by atoms with Crippen LogP contribution in [0.15, 0.2) is 29.5 Å². The number of unbranched alkanes of at least 4 members (excludes halogenated alkanes) is 2. The molecule has 25 heavy (non-hydrogen) atoms. The Kier molecular flexibility index (Phi) is 6.29. The van der Waals surface area contributed by atoms with Crippen LogP contribution in [0.5, 0.6) is 0 Å². The highest BCUT2D eigenvalue weighted by molar-refractivity contribution is 6.21. The first-order valence-electron chi connectivity index (χ1n) is 8.10. The highest BCUT2D eigenvalue weighted by Crippen LogP contribution is 2.24. The van der Waals surface area contributed by atoms with Crippen LogP contribution in [0.4, 0.5) is 0 Å². The van der Waals surface area contributed by atoms with Crippen LogP contribution in [0.3, 0.4) is 0 Å². The number of imide groups is 1. The molecule has 0 aliphatic carbocycles. The molecule has 1 heterocycles. The van der Waals surface area contributed by atoms with E-state index < -0.39 is 18.0 Å². The van der Waals surface area contributed by atoms with Crippen LogP contribution < -0.4 is 0 Å². The molecule has 1 N–H and O–H groups in total. The summed E-state index contributed by atoms with van der Waals surface area (Å²) in [5.41, 5.74) is 0.617. The Morgan fingerprint density at radius 2 is 1.84 bits per heavy atom. The molecule has 0 bridgehead atoms. The van der Waals surface area contributed by atoms with Gasteiger partial charge in [-0.2, -0.15) is 0 Å². The van der Waals surface area contributed by atoms with Crippen LogP contribution in [0.1, 0.15) is 46.9 Å². The largest absolute Gasteiger partial charge is 0.569 e. The average molecular weight is 350 g/mol. The van der Waals surface area contributed by atoms with Gasteiger partial charge < -0.3 is 15.2 Å². The van der Waals surface area contributed by atoms with Crippen molar-refractivity contribution in [3.63, 3.8) is 0 Å². The standard InChI is InChI=1S/C16H22N4O5/c1-12(25-17-20(24)18(2)10-6-3-7-11-21)19-15(22)13-8-4-5-9-14(13)16(19)23/h4-5,8-9,12,21H,3,6-7,10-11H2,1-2H3. The first-order valence-corrected chi connectivity index (χ1v) is 8.10. The molecular formula is C16H22N4O5. The Bertz CT molecular complexity index is 629. The smallest absolute Gasteiger partial charge is 0.264 e. The van der Waals surface area contributed by atoms with Crippen molar-refractivity contribution in [1.82, 2.24) is 9.91 Å². The number of nitrogens with zero attached hydrogens (tertiary/aromatic N) is 4. The number of amides is 2. The molecule has 1 aliphatic heterocycles. The molecule has 1 unspecified atom stereocenters. The topological polar surface area (TPSA) is 109 Å². The van der Waals surface area contributed by atoms with Crippen molar-refractivity contribution in [2.24, 2.45) is 5.28 Å². The second-order valence-electron chi connectivity index (χ2n) is 5.73. The predicted octanol–water partition coefficient (Wildman–Crippen LogP) is 1.53. The Morgan fingerprint density at radius 3 is 2.40 bits per heavy atom. The van der Waals surface area contributed by atoms with E-state index in [2.05, 4.69) is 5.28 Å². The Hall–Kier alpha value is -2.68. The highest BCUT2D eigenvalue weighted by atomic mass is 16.7. The first kappa shape index (κ1) is 18.7. The van der Waals surface area contributed by atoms with E-state index in [0.717, 1.165) is 17.7 Å². The van der Waals surface area contributed by atoms with E-state index in [0.29, 0.717) is 24.1 Å². The van der Waals surface area contributed by atoms with Crippen molar-refractivity contribution >= 4 is 11.8 Å². The van der Waals surface area contributed by atoms with Gasteiger partial charge >= 0.3 is 0 Å². The summed E-state index contributed by atoms with van der Waals surface area (Å²) in [6, 6.07) is 6.49. The summed E-state index contributed by atoms with van der Waals surface area (Å²) in [5.74, 6) is -0.948. The number of carbonyl (C=O) groups excluding carboxylic acids is 2. The van der Waals surface area contributed by atoms with E-state index in [1.54, 1.807) is 31.3 Å². The van der Waals surface area contributed by atoms with Gasteiger partial charge in [-0.3, -0.25) is 9.59 Å². The third-order valence-corrected chi connectivity index (χ3v) is 3.89. The number of fused-ring (bicyclic) bond motifs is 1. The number of hydrogen-bond acceptors (Lipinski definition) is 6. The molecule has 2 amide bonds. The molecule has 9 heteroatoms. The number of hydrazine groups is 1. The fourth-order valence-corrected chi connectivity index (χ4v) is 2.47. The van der Waals surface area contributed by atoms with Crippen molar-refractivity contribution in [2.45, 2.75) is 32.4 Å². The fraction of sp³-hybridized carbons (Fsp3) is 0.500. The number of carbonyl (C=O) groups is 2. The highest BCUT2D eigenvalue weighted by Gasteiger charge is 2.39. The van der Waals surface area contributed by atoms with E-state index in [9.17, 15) is 14.8 Å². The van der Waals surface area contributed by atoms with E-state index in [1.165, 1.54) is 11.9 Å². The quantitative estimate of drug-likeness (QED) is 0.238. The minimum atomic E-state index is -1.01. The Morgan fingerprint density at radius 1 is 1.24 bits per heavy atom. The maximum atomic E-state index is 12.3. The lowest BCUT2D eigenvalue weighted by molar-refractivity contribution is -0.707. The van der Waals surface area contributed by atoms with Crippen molar-refractivity contribution in [2.75, 3.05) is 20.2 Å². The summed E-state index contributed by atoms with van der Waals surface area (Å²) in [5, 5.41) is 25.2. The van der Waals surface area contributed by atoms with Gasteiger partial charge in [0.1, 0.15) is 0 Å². The van der Waals surface area contributed by atoms with Crippen molar-refractivity contribution < 1.29 is 24.5 Å². The van der Waals surface area contributed by atoms with Crippen LogP contribution in [-0.4, -0.2) is 58.2 Å². The zero-order valence-corrected chi connectivity index (χ0v) is 14.3. The molecule has 1 aromatic rings. The Labute approximate surface area is 145 Å². The SMILES string of the molecule is CC(ON=[N+]([O-])N(C)CCCCCO)N1C(=O)c2ccccc2C1=O. The number of benzene rings is 1. The summed E-state index contributed by atoms with van der Waals surface area (Å²) in [4.78, 5) is 30.8. The monoisotopic (exact) mass is 350 g/mol. The second-order valence-corrected chi connectivity index (χ2v) is 5.73. The maximum Gasteiger partial charge on any atom is 0.264 e. The molecule has 1 atom stereocenters. The number of aliphatic hydroxyl groups is 1. The lowest BCUT2D eigenvalue weighted by Gasteiger charge is -2.19. The molecule has 1 aliphatic rings. The predicted molar refractivity (Wildman–Crippen MR) is 87.1 cm³/mol. The minimum Gasteiger partial charge on any atom is -0.569 e. The van der Waals surface area contributed by atoms with E-state index in [1.807, 2.05) is 0 Å². The van der Waals surface area contributed by atoms with Gasteiger partial charge in [0.2, 0.25) is 11.5 Å². The molecular weight excluding hydrogens is 328 g/mol. The van der Waals surface area contributed by atoms with Gasteiger partial charge in [-0.25, -0.2) is 4.90 Å². The third kappa shape index (κ3) is 4.24. The maximum absolute atomic E-state index is 12.3. The summed E-state index contributed by atoms with van der Waals surface area (Å²) >= 11 is 0. The van der Waals surface area contributed by atoms with E-state index in [4.69, 9.17) is 9.94 Å². The van der Waals surface area contributed by atoms with Crippen LogP contribution in [0.25, 0.3) is 0 Å². The normalized spacial score (nSPS) is 15.3. The average Bonchev–Trinajstić information content (AvgIpc) is 2.87. The molecule has 0 saturated heterocycles. The minimum absolute atomic E-state index is 0.121. The molecule has 1 aromatic carbocycles. The number of hydrogen-bond donors (Lipinski definition) is 1. The van der Waals surface area contributed by atoms with Crippen LogP contribution in [0, 0.1) is 5.21 Å². The van der Waals surface area contributed by atoms with Crippen molar-refractivity contribution in [3.8, 4) is 0 Å². The second kappa shape index (κ2) is 8.43. The summed E-state index contributed by atoms with van der Waals surface area (Å²) in [7, 11) is 1.55. The molecule has 0 aromatic heterocycles. The summed E-state index contributed by atoms with van der Waals surface area (Å²) in [6.07, 6.45) is 1.18. The lowest BCUT2D eigenvalue weighted by Crippen LogP contribution is -2.39. The van der Waals surface area contributed by atoms with Gasteiger partial charge in [0.15, 0.2) is 0 Å². The fourth-order valence-electron chi connectivity index (χ4n) is 2.47. The molecule has 0 radical (unpaired) electrons. The molecule has 0 saturated carbocycles. The van der Waals surface area contributed by atoms with E-state index >= 15 is 0 Å². The molecule has 2 rings (SSSR count). The third-order valence-electron chi connectivity index (χ3n) is 3.89. The van der Waals surface area contributed by atoms with Crippen LogP contribution >= 0.6 is 0 Å². The number of rotatable bonds is 9. The van der Waals surface area contributed by atoms with Crippen molar-refractivity contribution in [1.29, 1.82) is 0 Å². The first-order chi connectivity index (χ1) is 12.0. The van der Waals surface area contributed by atoms with Gasteiger partial charge in [-0.05, 0) is 38.3 Å². The van der Waals surface area contributed by atoms with Gasteiger partial charge in [0.05, 0.1) is 29.7 Å².